The summed E-state index contributed by atoms with van der Waals surface area (Å²) in [6.45, 7) is 3.27. The van der Waals surface area contributed by atoms with Crippen molar-refractivity contribution in [2.24, 2.45) is 5.73 Å². The summed E-state index contributed by atoms with van der Waals surface area (Å²) in [6.07, 6.45) is 5.74. The van der Waals surface area contributed by atoms with Crippen LogP contribution in [0.2, 0.25) is 0 Å². The zero-order valence-electron chi connectivity index (χ0n) is 12.8. The van der Waals surface area contributed by atoms with E-state index in [9.17, 15) is 8.42 Å². The van der Waals surface area contributed by atoms with Crippen molar-refractivity contribution in [3.05, 3.63) is 29.8 Å². The SMILES string of the molecule is CCCc1ccc(S(=O)(=O)N2CCCCC2CCN)cc1. The van der Waals surface area contributed by atoms with E-state index in [1.807, 2.05) is 12.1 Å². The van der Waals surface area contributed by atoms with Crippen molar-refractivity contribution < 1.29 is 8.42 Å². The minimum absolute atomic E-state index is 0.0593. The average Bonchev–Trinajstić information content (AvgIpc) is 2.49. The van der Waals surface area contributed by atoms with Crippen molar-refractivity contribution in [2.75, 3.05) is 13.1 Å². The molecule has 1 aliphatic rings. The third kappa shape index (κ3) is 3.84. The summed E-state index contributed by atoms with van der Waals surface area (Å²) in [4.78, 5) is 0.409. The van der Waals surface area contributed by atoms with Gasteiger partial charge >= 0.3 is 0 Å². The van der Waals surface area contributed by atoms with Crippen molar-refractivity contribution in [1.29, 1.82) is 0 Å². The van der Waals surface area contributed by atoms with Gasteiger partial charge in [-0.2, -0.15) is 4.31 Å². The van der Waals surface area contributed by atoms with Crippen LogP contribution in [0.15, 0.2) is 29.2 Å². The lowest BCUT2D eigenvalue weighted by molar-refractivity contribution is 0.243. The summed E-state index contributed by atoms with van der Waals surface area (Å²) < 4.78 is 27.3. The lowest BCUT2D eigenvalue weighted by atomic mass is 10.0. The predicted octanol–water partition coefficient (Wildman–Crippen LogP) is 2.53. The highest BCUT2D eigenvalue weighted by Gasteiger charge is 2.32. The molecule has 118 valence electrons. The highest BCUT2D eigenvalue weighted by molar-refractivity contribution is 7.89. The Hall–Kier alpha value is -0.910. The van der Waals surface area contributed by atoms with Gasteiger partial charge in [0.15, 0.2) is 0 Å². The van der Waals surface area contributed by atoms with Crippen LogP contribution in [0, 0.1) is 0 Å². The smallest absolute Gasteiger partial charge is 0.243 e. The van der Waals surface area contributed by atoms with Crippen LogP contribution in [-0.4, -0.2) is 31.9 Å². The summed E-state index contributed by atoms with van der Waals surface area (Å²) in [5, 5.41) is 0. The van der Waals surface area contributed by atoms with Gasteiger partial charge in [-0.05, 0) is 49.9 Å². The first-order valence-corrected chi connectivity index (χ1v) is 9.34. The molecule has 1 saturated heterocycles. The third-order valence-electron chi connectivity index (χ3n) is 4.14. The van der Waals surface area contributed by atoms with E-state index in [-0.39, 0.29) is 6.04 Å². The molecule has 0 bridgehead atoms. The van der Waals surface area contributed by atoms with Gasteiger partial charge in [0, 0.05) is 12.6 Å². The Morgan fingerprint density at radius 3 is 2.57 bits per heavy atom. The molecule has 0 radical (unpaired) electrons. The van der Waals surface area contributed by atoms with Gasteiger partial charge in [0.2, 0.25) is 10.0 Å². The Kier molecular flexibility index (Phi) is 5.79. The largest absolute Gasteiger partial charge is 0.330 e. The molecule has 2 rings (SSSR count). The topological polar surface area (TPSA) is 63.4 Å². The Morgan fingerprint density at radius 2 is 1.95 bits per heavy atom. The van der Waals surface area contributed by atoms with Gasteiger partial charge in [0.1, 0.15) is 0 Å². The van der Waals surface area contributed by atoms with Crippen molar-refractivity contribution in [3.8, 4) is 0 Å². The number of rotatable bonds is 6. The van der Waals surface area contributed by atoms with E-state index in [0.29, 0.717) is 18.0 Å². The number of hydrogen-bond donors (Lipinski definition) is 1. The second-order valence-electron chi connectivity index (χ2n) is 5.74. The first-order chi connectivity index (χ1) is 10.1. The molecule has 1 aromatic rings. The van der Waals surface area contributed by atoms with Crippen LogP contribution in [0.5, 0.6) is 0 Å². The summed E-state index contributed by atoms with van der Waals surface area (Å²) in [7, 11) is -3.39. The molecule has 1 fully saturated rings. The number of aryl methyl sites for hydroxylation is 1. The molecule has 5 heteroatoms. The fourth-order valence-electron chi connectivity index (χ4n) is 3.02. The van der Waals surface area contributed by atoms with Crippen molar-refractivity contribution >= 4 is 10.0 Å². The molecule has 4 nitrogen and oxygen atoms in total. The molecular formula is C16H26N2O2S. The van der Waals surface area contributed by atoms with Crippen LogP contribution in [0.3, 0.4) is 0 Å². The number of hydrogen-bond acceptors (Lipinski definition) is 3. The summed E-state index contributed by atoms with van der Waals surface area (Å²) in [5.41, 5.74) is 6.82. The monoisotopic (exact) mass is 310 g/mol. The number of sulfonamides is 1. The highest BCUT2D eigenvalue weighted by atomic mass is 32.2. The molecule has 1 atom stereocenters. The van der Waals surface area contributed by atoms with Crippen LogP contribution in [0.4, 0.5) is 0 Å². The summed E-state index contributed by atoms with van der Waals surface area (Å²) >= 11 is 0. The second-order valence-corrected chi connectivity index (χ2v) is 7.63. The van der Waals surface area contributed by atoms with Crippen LogP contribution < -0.4 is 5.73 Å². The Bertz CT molecular complexity index is 538. The predicted molar refractivity (Wildman–Crippen MR) is 85.6 cm³/mol. The molecule has 0 aliphatic carbocycles. The number of nitrogens with two attached hydrogens (primary N) is 1. The average molecular weight is 310 g/mol. The summed E-state index contributed by atoms with van der Waals surface area (Å²) in [6, 6.07) is 7.41. The van der Waals surface area contributed by atoms with Crippen molar-refractivity contribution in [2.45, 2.75) is 56.4 Å². The fraction of sp³-hybridized carbons (Fsp3) is 0.625. The van der Waals surface area contributed by atoms with Crippen LogP contribution in [-0.2, 0) is 16.4 Å². The number of benzene rings is 1. The van der Waals surface area contributed by atoms with Crippen LogP contribution in [0.1, 0.15) is 44.6 Å². The van der Waals surface area contributed by atoms with E-state index >= 15 is 0 Å². The van der Waals surface area contributed by atoms with E-state index in [4.69, 9.17) is 5.73 Å². The fourth-order valence-corrected chi connectivity index (χ4v) is 4.75. The highest BCUT2D eigenvalue weighted by Crippen LogP contribution is 2.27. The van der Waals surface area contributed by atoms with Gasteiger partial charge in [-0.1, -0.05) is 31.9 Å². The van der Waals surface area contributed by atoms with Gasteiger partial charge in [-0.3, -0.25) is 0 Å². The summed E-state index contributed by atoms with van der Waals surface area (Å²) in [5.74, 6) is 0. The van der Waals surface area contributed by atoms with E-state index in [1.54, 1.807) is 16.4 Å². The molecule has 1 aliphatic heterocycles. The molecule has 1 unspecified atom stereocenters. The van der Waals surface area contributed by atoms with E-state index < -0.39 is 10.0 Å². The first-order valence-electron chi connectivity index (χ1n) is 7.90. The Balaban J connectivity index is 2.22. The molecular weight excluding hydrogens is 284 g/mol. The molecule has 0 amide bonds. The molecule has 1 aromatic carbocycles. The molecule has 2 N–H and O–H groups in total. The third-order valence-corrected chi connectivity index (χ3v) is 6.11. The minimum Gasteiger partial charge on any atom is -0.330 e. The normalized spacial score (nSPS) is 20.6. The Labute approximate surface area is 128 Å². The van der Waals surface area contributed by atoms with E-state index in [0.717, 1.165) is 38.5 Å². The maximum atomic E-state index is 12.8. The first kappa shape index (κ1) is 16.5. The zero-order chi connectivity index (χ0) is 15.3. The molecule has 0 saturated carbocycles. The molecule has 0 aromatic heterocycles. The van der Waals surface area contributed by atoms with E-state index in [2.05, 4.69) is 6.92 Å². The van der Waals surface area contributed by atoms with Crippen LogP contribution >= 0.6 is 0 Å². The van der Waals surface area contributed by atoms with E-state index in [1.165, 1.54) is 5.56 Å². The molecule has 21 heavy (non-hydrogen) atoms. The maximum absolute atomic E-state index is 12.8. The van der Waals surface area contributed by atoms with Gasteiger partial charge in [-0.25, -0.2) is 8.42 Å². The molecule has 1 heterocycles. The minimum atomic E-state index is -3.39. The van der Waals surface area contributed by atoms with Gasteiger partial charge in [0.25, 0.3) is 0 Å². The molecule has 0 spiro atoms. The second kappa shape index (κ2) is 7.38. The van der Waals surface area contributed by atoms with Gasteiger partial charge in [0.05, 0.1) is 4.90 Å². The van der Waals surface area contributed by atoms with Gasteiger partial charge in [-0.15, -0.1) is 0 Å². The maximum Gasteiger partial charge on any atom is 0.243 e. The quantitative estimate of drug-likeness (QED) is 0.878. The Morgan fingerprint density at radius 1 is 1.24 bits per heavy atom. The van der Waals surface area contributed by atoms with Crippen LogP contribution in [0.25, 0.3) is 0 Å². The number of piperidine rings is 1. The lowest BCUT2D eigenvalue weighted by Crippen LogP contribution is -2.44. The standard InChI is InChI=1S/C16H26N2O2S/c1-2-5-14-7-9-16(10-8-14)21(19,20)18-13-4-3-6-15(18)11-12-17/h7-10,15H,2-6,11-13,17H2,1H3. The zero-order valence-corrected chi connectivity index (χ0v) is 13.6. The van der Waals surface area contributed by atoms with Crippen molar-refractivity contribution in [1.82, 2.24) is 4.31 Å². The van der Waals surface area contributed by atoms with Crippen molar-refractivity contribution in [3.63, 3.8) is 0 Å². The number of nitrogens with zero attached hydrogens (tertiary/aromatic N) is 1. The van der Waals surface area contributed by atoms with Gasteiger partial charge < -0.3 is 5.73 Å². The lowest BCUT2D eigenvalue weighted by Gasteiger charge is -2.34.